The van der Waals surface area contributed by atoms with E-state index in [0.717, 1.165) is 12.1 Å². The van der Waals surface area contributed by atoms with E-state index >= 15 is 0 Å². The zero-order valence-corrected chi connectivity index (χ0v) is 11.6. The van der Waals surface area contributed by atoms with Gasteiger partial charge in [0.15, 0.2) is 0 Å². The summed E-state index contributed by atoms with van der Waals surface area (Å²) in [5.74, 6) is -1.69. The van der Waals surface area contributed by atoms with Crippen LogP contribution in [0, 0.1) is 5.92 Å². The Kier molecular flexibility index (Phi) is 5.02. The maximum atomic E-state index is 12.4. The molecule has 0 aromatic heterocycles. The van der Waals surface area contributed by atoms with Crippen LogP contribution in [0.1, 0.15) is 24.0 Å². The standard InChI is InChI=1S/C14H15F3N2O3/c15-14(16,17)10-5-3-9(4-6-10)8-22-19-13(21)11-2-1-7-18-12(11)20/h3-6,11H,1-2,7-8H2,(H,18,20)(H,19,21). The van der Waals surface area contributed by atoms with Crippen molar-refractivity contribution < 1.29 is 27.6 Å². The molecule has 0 aliphatic carbocycles. The van der Waals surface area contributed by atoms with Gasteiger partial charge in [-0.05, 0) is 30.5 Å². The summed E-state index contributed by atoms with van der Waals surface area (Å²) in [5.41, 5.74) is 1.88. The highest BCUT2D eigenvalue weighted by molar-refractivity contribution is 6.00. The number of piperidine rings is 1. The zero-order chi connectivity index (χ0) is 16.2. The second kappa shape index (κ2) is 6.78. The first-order chi connectivity index (χ1) is 10.4. The van der Waals surface area contributed by atoms with E-state index in [9.17, 15) is 22.8 Å². The molecule has 0 bridgehead atoms. The number of rotatable bonds is 4. The summed E-state index contributed by atoms with van der Waals surface area (Å²) in [4.78, 5) is 28.2. The molecule has 120 valence electrons. The maximum absolute atomic E-state index is 12.4. The van der Waals surface area contributed by atoms with Crippen molar-refractivity contribution in [3.8, 4) is 0 Å². The van der Waals surface area contributed by atoms with Gasteiger partial charge in [0.2, 0.25) is 5.91 Å². The number of hydrogen-bond donors (Lipinski definition) is 2. The Morgan fingerprint density at radius 3 is 2.59 bits per heavy atom. The van der Waals surface area contributed by atoms with E-state index in [1.54, 1.807) is 0 Å². The van der Waals surface area contributed by atoms with Crippen LogP contribution in [0.5, 0.6) is 0 Å². The van der Waals surface area contributed by atoms with E-state index in [0.29, 0.717) is 24.9 Å². The highest BCUT2D eigenvalue weighted by Gasteiger charge is 2.30. The number of nitrogens with one attached hydrogen (secondary N) is 2. The van der Waals surface area contributed by atoms with Crippen LogP contribution in [0.3, 0.4) is 0 Å². The van der Waals surface area contributed by atoms with Crippen molar-refractivity contribution in [2.45, 2.75) is 25.6 Å². The fraction of sp³-hybridized carbons (Fsp3) is 0.429. The zero-order valence-electron chi connectivity index (χ0n) is 11.6. The Bertz CT molecular complexity index is 543. The number of carbonyl (C=O) groups is 2. The number of benzene rings is 1. The molecule has 1 aromatic rings. The molecule has 1 unspecified atom stereocenters. The minimum absolute atomic E-state index is 0.0851. The monoisotopic (exact) mass is 316 g/mol. The smallest absolute Gasteiger partial charge is 0.355 e. The van der Waals surface area contributed by atoms with Crippen molar-refractivity contribution >= 4 is 11.8 Å². The van der Waals surface area contributed by atoms with Gasteiger partial charge in [0.25, 0.3) is 5.91 Å². The van der Waals surface area contributed by atoms with Crippen LogP contribution in [0.4, 0.5) is 13.2 Å². The third kappa shape index (κ3) is 4.20. The summed E-state index contributed by atoms with van der Waals surface area (Å²) in [6, 6.07) is 4.41. The Morgan fingerprint density at radius 2 is 2.00 bits per heavy atom. The molecule has 1 atom stereocenters. The molecule has 0 spiro atoms. The van der Waals surface area contributed by atoms with Crippen molar-refractivity contribution in [2.75, 3.05) is 6.54 Å². The summed E-state index contributed by atoms with van der Waals surface area (Å²) in [7, 11) is 0. The van der Waals surface area contributed by atoms with E-state index in [1.165, 1.54) is 12.1 Å². The lowest BCUT2D eigenvalue weighted by Crippen LogP contribution is -2.44. The summed E-state index contributed by atoms with van der Waals surface area (Å²) < 4.78 is 37.2. The Hall–Kier alpha value is -2.09. The molecular weight excluding hydrogens is 301 g/mol. The highest BCUT2D eigenvalue weighted by atomic mass is 19.4. The Balaban J connectivity index is 1.81. The molecule has 2 amide bonds. The van der Waals surface area contributed by atoms with Gasteiger partial charge in [-0.3, -0.25) is 14.4 Å². The molecule has 1 aromatic carbocycles. The van der Waals surface area contributed by atoms with Gasteiger partial charge < -0.3 is 5.32 Å². The number of carbonyl (C=O) groups excluding carboxylic acids is 2. The lowest BCUT2D eigenvalue weighted by molar-refractivity contribution is -0.145. The van der Waals surface area contributed by atoms with Gasteiger partial charge in [0.1, 0.15) is 5.92 Å². The summed E-state index contributed by atoms with van der Waals surface area (Å²) in [6.07, 6.45) is -3.23. The van der Waals surface area contributed by atoms with Crippen LogP contribution < -0.4 is 10.8 Å². The summed E-state index contributed by atoms with van der Waals surface area (Å²) in [5, 5.41) is 2.58. The molecule has 1 saturated heterocycles. The first-order valence-corrected chi connectivity index (χ1v) is 6.73. The number of hydroxylamine groups is 1. The van der Waals surface area contributed by atoms with Crippen LogP contribution in [0.2, 0.25) is 0 Å². The van der Waals surface area contributed by atoms with Crippen molar-refractivity contribution in [2.24, 2.45) is 5.92 Å². The van der Waals surface area contributed by atoms with E-state index < -0.39 is 23.6 Å². The normalized spacial score (nSPS) is 18.7. The maximum Gasteiger partial charge on any atom is 0.416 e. The van der Waals surface area contributed by atoms with Crippen molar-refractivity contribution in [1.82, 2.24) is 10.8 Å². The molecule has 1 fully saturated rings. The van der Waals surface area contributed by atoms with Crippen LogP contribution in [-0.2, 0) is 27.2 Å². The van der Waals surface area contributed by atoms with Gasteiger partial charge in [-0.15, -0.1) is 0 Å². The third-order valence-corrected chi connectivity index (χ3v) is 3.29. The molecule has 1 aliphatic rings. The largest absolute Gasteiger partial charge is 0.416 e. The average Bonchev–Trinajstić information content (AvgIpc) is 2.47. The molecular formula is C14H15F3N2O3. The Labute approximate surface area is 124 Å². The topological polar surface area (TPSA) is 67.4 Å². The molecule has 0 radical (unpaired) electrons. The second-order valence-electron chi connectivity index (χ2n) is 4.94. The van der Waals surface area contributed by atoms with Crippen molar-refractivity contribution in [3.05, 3.63) is 35.4 Å². The van der Waals surface area contributed by atoms with Gasteiger partial charge >= 0.3 is 6.18 Å². The van der Waals surface area contributed by atoms with Gasteiger partial charge in [0.05, 0.1) is 12.2 Å². The molecule has 2 rings (SSSR count). The fourth-order valence-corrected chi connectivity index (χ4v) is 2.07. The van der Waals surface area contributed by atoms with Crippen LogP contribution >= 0.6 is 0 Å². The first kappa shape index (κ1) is 16.3. The quantitative estimate of drug-likeness (QED) is 0.657. The van der Waals surface area contributed by atoms with Crippen molar-refractivity contribution in [1.29, 1.82) is 0 Å². The minimum atomic E-state index is -4.39. The summed E-state index contributed by atoms with van der Waals surface area (Å²) >= 11 is 0. The van der Waals surface area contributed by atoms with Crippen LogP contribution in [0.15, 0.2) is 24.3 Å². The first-order valence-electron chi connectivity index (χ1n) is 6.73. The third-order valence-electron chi connectivity index (χ3n) is 3.29. The predicted molar refractivity (Wildman–Crippen MR) is 70.1 cm³/mol. The van der Waals surface area contributed by atoms with Crippen molar-refractivity contribution in [3.63, 3.8) is 0 Å². The molecule has 0 saturated carbocycles. The molecule has 2 N–H and O–H groups in total. The van der Waals surface area contributed by atoms with E-state index in [2.05, 4.69) is 10.8 Å². The van der Waals surface area contributed by atoms with Gasteiger partial charge in [-0.25, -0.2) is 5.48 Å². The van der Waals surface area contributed by atoms with E-state index in [-0.39, 0.29) is 12.5 Å². The van der Waals surface area contributed by atoms with E-state index in [4.69, 9.17) is 4.84 Å². The molecule has 5 nitrogen and oxygen atoms in total. The number of amides is 2. The lowest BCUT2D eigenvalue weighted by Gasteiger charge is -2.20. The molecule has 8 heteroatoms. The van der Waals surface area contributed by atoms with Crippen LogP contribution in [0.25, 0.3) is 0 Å². The molecule has 22 heavy (non-hydrogen) atoms. The SMILES string of the molecule is O=C1NCCCC1C(=O)NOCc1ccc(C(F)(F)F)cc1. The number of alkyl halides is 3. The fourth-order valence-electron chi connectivity index (χ4n) is 2.07. The van der Waals surface area contributed by atoms with Gasteiger partial charge in [0, 0.05) is 6.54 Å². The van der Waals surface area contributed by atoms with Gasteiger partial charge in [-0.2, -0.15) is 13.2 Å². The molecule has 1 heterocycles. The Morgan fingerprint density at radius 1 is 1.32 bits per heavy atom. The lowest BCUT2D eigenvalue weighted by atomic mass is 9.98. The highest BCUT2D eigenvalue weighted by Crippen LogP contribution is 2.29. The van der Waals surface area contributed by atoms with Gasteiger partial charge in [-0.1, -0.05) is 12.1 Å². The minimum Gasteiger partial charge on any atom is -0.355 e. The molecule has 1 aliphatic heterocycles. The average molecular weight is 316 g/mol. The number of halogens is 3. The van der Waals surface area contributed by atoms with E-state index in [1.807, 2.05) is 0 Å². The predicted octanol–water partition coefficient (Wildman–Crippen LogP) is 1.78. The summed E-state index contributed by atoms with van der Waals surface area (Å²) in [6.45, 7) is 0.466. The van der Waals surface area contributed by atoms with Crippen LogP contribution in [-0.4, -0.2) is 18.4 Å². The second-order valence-corrected chi connectivity index (χ2v) is 4.94. The number of hydrogen-bond acceptors (Lipinski definition) is 3.